The molecule has 1 N–H and O–H groups in total. The molecule has 5 rings (SSSR count). The van der Waals surface area contributed by atoms with Crippen LogP contribution in [-0.4, -0.2) is 25.4 Å². The summed E-state index contributed by atoms with van der Waals surface area (Å²) in [6, 6.07) is 10.5. The van der Waals surface area contributed by atoms with Crippen molar-refractivity contribution >= 4 is 23.7 Å². The topological polar surface area (TPSA) is 49.0 Å². The molecule has 0 bridgehead atoms. The van der Waals surface area contributed by atoms with E-state index in [0.29, 0.717) is 29.5 Å². The summed E-state index contributed by atoms with van der Waals surface area (Å²) >= 11 is 1.10. The van der Waals surface area contributed by atoms with Gasteiger partial charge in [-0.3, -0.25) is 8.37 Å². The van der Waals surface area contributed by atoms with Crippen molar-refractivity contribution in [2.24, 2.45) is 0 Å². The molecule has 0 radical (unpaired) electrons. The van der Waals surface area contributed by atoms with Crippen LogP contribution in [0.25, 0.3) is 0 Å². The van der Waals surface area contributed by atoms with Crippen LogP contribution in [0.3, 0.4) is 0 Å². The van der Waals surface area contributed by atoms with Crippen LogP contribution in [0, 0.1) is 0 Å². The number of hydrogen-bond acceptors (Lipinski definition) is 6. The predicted octanol–water partition coefficient (Wildman–Crippen LogP) is 5.31. The van der Waals surface area contributed by atoms with Crippen molar-refractivity contribution in [3.8, 4) is 11.5 Å². The maximum atomic E-state index is 12.6. The van der Waals surface area contributed by atoms with Gasteiger partial charge in [0.15, 0.2) is 23.8 Å². The van der Waals surface area contributed by atoms with Crippen molar-refractivity contribution < 1.29 is 31.0 Å². The lowest BCUT2D eigenvalue weighted by atomic mass is 10.1. The third-order valence-electron chi connectivity index (χ3n) is 4.25. The highest BCUT2D eigenvalue weighted by atomic mass is 32.2. The Labute approximate surface area is 158 Å². The molecule has 5 nitrogen and oxygen atoms in total. The second-order valence-corrected chi connectivity index (χ2v) is 6.65. The summed E-state index contributed by atoms with van der Waals surface area (Å²) < 4.78 is 58.7. The molecule has 3 heterocycles. The van der Waals surface area contributed by atoms with E-state index in [1.54, 1.807) is 24.3 Å². The fourth-order valence-electron chi connectivity index (χ4n) is 2.83. The monoisotopic (exact) mass is 399 g/mol. The molecule has 9 heteroatoms. The largest absolute Gasteiger partial charge is 0.453 e. The normalized spacial score (nSPS) is 22.9. The molecular weight excluding hydrogens is 383 g/mol. The van der Waals surface area contributed by atoms with Gasteiger partial charge in [0.05, 0.1) is 23.5 Å². The summed E-state index contributed by atoms with van der Waals surface area (Å²) in [6.45, 7) is 1.50. The zero-order valence-electron chi connectivity index (χ0n) is 14.0. The van der Waals surface area contributed by atoms with E-state index < -0.39 is 11.7 Å². The zero-order valence-corrected chi connectivity index (χ0v) is 14.8. The molecule has 3 aliphatic heterocycles. The SMILES string of the molecule is C1CC2OSOC2CO1.FC(F)(F)c1ccc2c(c1)Nc1ccccc1O2. The number of alkyl halides is 3. The van der Waals surface area contributed by atoms with Crippen LogP contribution in [-0.2, 0) is 19.3 Å². The van der Waals surface area contributed by atoms with Crippen LogP contribution < -0.4 is 10.1 Å². The van der Waals surface area contributed by atoms with Gasteiger partial charge in [0, 0.05) is 13.0 Å². The Hall–Kier alpha value is -1.94. The number of rotatable bonds is 0. The second-order valence-electron chi connectivity index (χ2n) is 6.13. The minimum atomic E-state index is -4.35. The molecular formula is C18H16F3NO4S. The third-order valence-corrected chi connectivity index (χ3v) is 4.90. The van der Waals surface area contributed by atoms with Gasteiger partial charge < -0.3 is 14.8 Å². The molecule has 2 aromatic carbocycles. The second kappa shape index (κ2) is 7.59. The quantitative estimate of drug-likeness (QED) is 0.517. The molecule has 2 saturated heterocycles. The van der Waals surface area contributed by atoms with Crippen molar-refractivity contribution in [1.82, 2.24) is 0 Å². The molecule has 0 spiro atoms. The van der Waals surface area contributed by atoms with E-state index in [9.17, 15) is 13.2 Å². The Morgan fingerprint density at radius 3 is 2.56 bits per heavy atom. The molecule has 2 fully saturated rings. The number of ether oxygens (including phenoxy) is 2. The van der Waals surface area contributed by atoms with Gasteiger partial charge in [-0.1, -0.05) is 12.1 Å². The Bertz CT molecular complexity index is 805. The summed E-state index contributed by atoms with van der Waals surface area (Å²) in [5.41, 5.74) is 0.282. The van der Waals surface area contributed by atoms with Crippen molar-refractivity contribution in [1.29, 1.82) is 0 Å². The lowest BCUT2D eigenvalue weighted by molar-refractivity contribution is -0.137. The maximum Gasteiger partial charge on any atom is 0.416 e. The lowest BCUT2D eigenvalue weighted by Crippen LogP contribution is -2.33. The van der Waals surface area contributed by atoms with E-state index in [4.69, 9.17) is 17.8 Å². The van der Waals surface area contributed by atoms with Gasteiger partial charge in [-0.05, 0) is 30.3 Å². The Morgan fingerprint density at radius 1 is 0.963 bits per heavy atom. The molecule has 0 amide bonds. The van der Waals surface area contributed by atoms with Crippen molar-refractivity contribution in [3.05, 3.63) is 48.0 Å². The predicted molar refractivity (Wildman–Crippen MR) is 94.0 cm³/mol. The van der Waals surface area contributed by atoms with E-state index in [1.807, 2.05) is 0 Å². The number of nitrogens with one attached hydrogen (secondary N) is 1. The van der Waals surface area contributed by atoms with Gasteiger partial charge in [0.25, 0.3) is 0 Å². The van der Waals surface area contributed by atoms with Crippen LogP contribution in [0.2, 0.25) is 0 Å². The number of benzene rings is 2. The molecule has 144 valence electrons. The van der Waals surface area contributed by atoms with Gasteiger partial charge in [0.2, 0.25) is 0 Å². The van der Waals surface area contributed by atoms with Crippen molar-refractivity contribution in [2.45, 2.75) is 24.8 Å². The smallest absolute Gasteiger partial charge is 0.416 e. The first-order chi connectivity index (χ1) is 13.0. The number of para-hydroxylation sites is 2. The Balaban J connectivity index is 0.000000167. The Morgan fingerprint density at radius 2 is 1.74 bits per heavy atom. The maximum absolute atomic E-state index is 12.6. The lowest BCUT2D eigenvalue weighted by Gasteiger charge is -2.22. The molecule has 0 aromatic heterocycles. The summed E-state index contributed by atoms with van der Waals surface area (Å²) in [6.07, 6.45) is -2.92. The van der Waals surface area contributed by atoms with Crippen LogP contribution >= 0.6 is 12.3 Å². The minimum absolute atomic E-state index is 0.184. The standard InChI is InChI=1S/C13H8F3NO.C5H8O3S/c14-13(15,16)8-5-6-12-10(7-8)17-9-3-1-2-4-11(9)18-12;1-2-6-3-5-4(1)7-9-8-5/h1-7,17H;4-5H,1-3H2. The van der Waals surface area contributed by atoms with Gasteiger partial charge in [-0.15, -0.1) is 0 Å². The average molecular weight is 399 g/mol. The number of fused-ring (bicyclic) bond motifs is 3. The van der Waals surface area contributed by atoms with Crippen LogP contribution in [0.1, 0.15) is 12.0 Å². The zero-order chi connectivity index (χ0) is 18.9. The number of hydrogen-bond donors (Lipinski definition) is 1. The van der Waals surface area contributed by atoms with Crippen molar-refractivity contribution in [2.75, 3.05) is 18.5 Å². The molecule has 27 heavy (non-hydrogen) atoms. The number of halogens is 3. The van der Waals surface area contributed by atoms with Crippen molar-refractivity contribution in [3.63, 3.8) is 0 Å². The highest BCUT2D eigenvalue weighted by Gasteiger charge is 2.34. The van der Waals surface area contributed by atoms with Crippen LogP contribution in [0.15, 0.2) is 42.5 Å². The van der Waals surface area contributed by atoms with E-state index in [1.165, 1.54) is 6.07 Å². The molecule has 2 atom stereocenters. The highest BCUT2D eigenvalue weighted by Crippen LogP contribution is 2.43. The Kier molecular flexibility index (Phi) is 5.18. The molecule has 2 aromatic rings. The molecule has 0 saturated carbocycles. The summed E-state index contributed by atoms with van der Waals surface area (Å²) in [4.78, 5) is 0. The minimum Gasteiger partial charge on any atom is -0.453 e. The number of anilines is 2. The van der Waals surface area contributed by atoms with E-state index >= 15 is 0 Å². The summed E-state index contributed by atoms with van der Waals surface area (Å²) in [5, 5.41) is 2.93. The molecule has 0 aliphatic carbocycles. The van der Waals surface area contributed by atoms with E-state index in [0.717, 1.165) is 37.5 Å². The average Bonchev–Trinajstić information content (AvgIpc) is 3.14. The highest BCUT2D eigenvalue weighted by molar-refractivity contribution is 7.90. The van der Waals surface area contributed by atoms with Gasteiger partial charge in [0.1, 0.15) is 12.2 Å². The fraction of sp³-hybridized carbons (Fsp3) is 0.333. The van der Waals surface area contributed by atoms with Crippen LogP contribution in [0.5, 0.6) is 11.5 Å². The molecule has 2 unspecified atom stereocenters. The fourth-order valence-corrected chi connectivity index (χ4v) is 3.48. The van der Waals surface area contributed by atoms with Gasteiger partial charge in [-0.25, -0.2) is 0 Å². The van der Waals surface area contributed by atoms with Crippen LogP contribution in [0.4, 0.5) is 24.5 Å². The third kappa shape index (κ3) is 4.16. The first-order valence-corrected chi connectivity index (χ1v) is 8.99. The van der Waals surface area contributed by atoms with E-state index in [2.05, 4.69) is 5.32 Å². The first-order valence-electron chi connectivity index (χ1n) is 8.32. The van der Waals surface area contributed by atoms with Gasteiger partial charge in [-0.2, -0.15) is 13.2 Å². The first kappa shape index (κ1) is 18.4. The summed E-state index contributed by atoms with van der Waals surface area (Å²) in [5.74, 6) is 0.992. The van der Waals surface area contributed by atoms with E-state index in [-0.39, 0.29) is 12.2 Å². The molecule has 3 aliphatic rings. The summed E-state index contributed by atoms with van der Waals surface area (Å²) in [7, 11) is 0. The van der Waals surface area contributed by atoms with Gasteiger partial charge >= 0.3 is 6.18 Å².